The van der Waals surface area contributed by atoms with Gasteiger partial charge in [0.2, 0.25) is 5.91 Å². The zero-order chi connectivity index (χ0) is 19.4. The van der Waals surface area contributed by atoms with Crippen LogP contribution < -0.4 is 0 Å². The van der Waals surface area contributed by atoms with Gasteiger partial charge in [0.05, 0.1) is 0 Å². The fraction of sp³-hybridized carbons (Fsp3) is 0.318. The highest BCUT2D eigenvalue weighted by molar-refractivity contribution is 6.06. The number of fused-ring (bicyclic) bond motifs is 1. The van der Waals surface area contributed by atoms with E-state index in [9.17, 15) is 9.59 Å². The summed E-state index contributed by atoms with van der Waals surface area (Å²) in [5.74, 6) is 0.123. The number of para-hydroxylation sites is 1. The van der Waals surface area contributed by atoms with E-state index in [4.69, 9.17) is 0 Å². The van der Waals surface area contributed by atoms with Gasteiger partial charge in [0.1, 0.15) is 0 Å². The summed E-state index contributed by atoms with van der Waals surface area (Å²) in [6.07, 6.45) is 4.74. The first-order valence-corrected chi connectivity index (χ1v) is 9.21. The van der Waals surface area contributed by atoms with Crippen LogP contribution in [0, 0.1) is 0 Å². The minimum atomic E-state index is 0.0392. The monoisotopic (exact) mass is 363 g/mol. The van der Waals surface area contributed by atoms with Crippen molar-refractivity contribution in [3.8, 4) is 0 Å². The summed E-state index contributed by atoms with van der Waals surface area (Å²) < 4.78 is 2.00. The fourth-order valence-corrected chi connectivity index (χ4v) is 3.31. The van der Waals surface area contributed by atoms with Crippen LogP contribution in [0.3, 0.4) is 0 Å². The molecular weight excluding hydrogens is 338 g/mol. The van der Waals surface area contributed by atoms with Crippen LogP contribution in [-0.4, -0.2) is 39.2 Å². The molecule has 1 unspecified atom stereocenters. The van der Waals surface area contributed by atoms with Crippen molar-refractivity contribution in [3.05, 3.63) is 66.1 Å². The van der Waals surface area contributed by atoms with E-state index in [2.05, 4.69) is 4.98 Å². The quantitative estimate of drug-likeness (QED) is 0.601. The number of hydrogen-bond acceptors (Lipinski definition) is 3. The van der Waals surface area contributed by atoms with Crippen molar-refractivity contribution >= 4 is 22.6 Å². The standard InChI is InChI=1S/C22H25N3O2/c1-16(14-18-8-6-7-12-23-18)24(3)22(27)11-13-25-15-20(17(2)26)19-9-4-5-10-21(19)25/h4-10,12,15-16H,11,13-14H2,1-3H3. The number of Topliss-reactive ketones (excluding diaryl/α,β-unsaturated/α-hetero) is 1. The lowest BCUT2D eigenvalue weighted by molar-refractivity contribution is -0.131. The molecule has 1 aromatic carbocycles. The lowest BCUT2D eigenvalue weighted by atomic mass is 10.1. The number of carbonyl (C=O) groups excluding carboxylic acids is 2. The number of ketones is 1. The average Bonchev–Trinajstić information content (AvgIpc) is 3.05. The molecule has 0 spiro atoms. The third-order valence-electron chi connectivity index (χ3n) is 5.02. The van der Waals surface area contributed by atoms with Crippen LogP contribution >= 0.6 is 0 Å². The average molecular weight is 363 g/mol. The molecule has 0 bridgehead atoms. The number of pyridine rings is 1. The minimum Gasteiger partial charge on any atom is -0.346 e. The van der Waals surface area contributed by atoms with Crippen LogP contribution in [0.25, 0.3) is 10.9 Å². The van der Waals surface area contributed by atoms with E-state index in [1.54, 1.807) is 18.0 Å². The third-order valence-corrected chi connectivity index (χ3v) is 5.02. The molecule has 5 heteroatoms. The van der Waals surface area contributed by atoms with Gasteiger partial charge in [0.25, 0.3) is 0 Å². The van der Waals surface area contributed by atoms with Gasteiger partial charge in [-0.05, 0) is 32.0 Å². The molecule has 2 aromatic heterocycles. The zero-order valence-corrected chi connectivity index (χ0v) is 16.1. The van der Waals surface area contributed by atoms with Gasteiger partial charge in [-0.2, -0.15) is 0 Å². The van der Waals surface area contributed by atoms with Gasteiger partial charge in [0.15, 0.2) is 5.78 Å². The summed E-state index contributed by atoms with van der Waals surface area (Å²) in [5.41, 5.74) is 2.67. The van der Waals surface area contributed by atoms with Crippen molar-refractivity contribution in [1.29, 1.82) is 0 Å². The highest BCUT2D eigenvalue weighted by atomic mass is 16.2. The first-order valence-electron chi connectivity index (χ1n) is 9.21. The lowest BCUT2D eigenvalue weighted by Crippen LogP contribution is -2.37. The molecule has 140 valence electrons. The molecule has 0 saturated heterocycles. The minimum absolute atomic E-state index is 0.0392. The number of aromatic nitrogens is 2. The predicted molar refractivity (Wildman–Crippen MR) is 107 cm³/mol. The van der Waals surface area contributed by atoms with Crippen molar-refractivity contribution in [3.63, 3.8) is 0 Å². The molecule has 3 aromatic rings. The van der Waals surface area contributed by atoms with Crippen LogP contribution in [0.2, 0.25) is 0 Å². The molecular formula is C22H25N3O2. The van der Waals surface area contributed by atoms with Gasteiger partial charge in [0, 0.05) is 67.0 Å². The number of nitrogens with zero attached hydrogens (tertiary/aromatic N) is 3. The van der Waals surface area contributed by atoms with Gasteiger partial charge in [-0.1, -0.05) is 24.3 Å². The molecule has 3 rings (SSSR count). The molecule has 2 heterocycles. The van der Waals surface area contributed by atoms with E-state index in [0.717, 1.165) is 23.0 Å². The molecule has 0 aliphatic carbocycles. The van der Waals surface area contributed by atoms with Crippen LogP contribution in [0.4, 0.5) is 0 Å². The van der Waals surface area contributed by atoms with Gasteiger partial charge in [-0.3, -0.25) is 14.6 Å². The van der Waals surface area contributed by atoms with E-state index < -0.39 is 0 Å². The van der Waals surface area contributed by atoms with Crippen LogP contribution in [0.1, 0.15) is 36.3 Å². The topological polar surface area (TPSA) is 55.2 Å². The number of carbonyl (C=O) groups is 2. The second kappa shape index (κ2) is 8.16. The molecule has 0 aliphatic heterocycles. The number of hydrogen-bond donors (Lipinski definition) is 0. The first-order chi connectivity index (χ1) is 13.0. The number of likely N-dealkylation sites (N-methyl/N-ethyl adjacent to an activating group) is 1. The number of benzene rings is 1. The van der Waals surface area contributed by atoms with Gasteiger partial charge in [-0.25, -0.2) is 0 Å². The van der Waals surface area contributed by atoms with E-state index in [1.165, 1.54) is 0 Å². The summed E-state index contributed by atoms with van der Waals surface area (Å²) in [5, 5.41) is 0.939. The van der Waals surface area contributed by atoms with E-state index in [1.807, 2.05) is 67.2 Å². The van der Waals surface area contributed by atoms with Gasteiger partial charge < -0.3 is 9.47 Å². The van der Waals surface area contributed by atoms with Crippen molar-refractivity contribution in [2.45, 2.75) is 39.3 Å². The Morgan fingerprint density at radius 1 is 1.15 bits per heavy atom. The van der Waals surface area contributed by atoms with E-state index in [0.29, 0.717) is 18.5 Å². The number of rotatable bonds is 7. The van der Waals surface area contributed by atoms with E-state index in [-0.39, 0.29) is 17.7 Å². The lowest BCUT2D eigenvalue weighted by Gasteiger charge is -2.25. The summed E-state index contributed by atoms with van der Waals surface area (Å²) in [4.78, 5) is 30.7. The molecule has 1 amide bonds. The van der Waals surface area contributed by atoms with Gasteiger partial charge in [-0.15, -0.1) is 0 Å². The van der Waals surface area contributed by atoms with Gasteiger partial charge >= 0.3 is 0 Å². The SMILES string of the molecule is CC(=O)c1cn(CCC(=O)N(C)C(C)Cc2ccccn2)c2ccccc12. The Morgan fingerprint density at radius 2 is 1.89 bits per heavy atom. The third kappa shape index (κ3) is 4.25. The molecule has 5 nitrogen and oxygen atoms in total. The molecule has 0 aliphatic rings. The smallest absolute Gasteiger partial charge is 0.224 e. The molecule has 0 saturated carbocycles. The molecule has 0 radical (unpaired) electrons. The Bertz CT molecular complexity index is 947. The summed E-state index contributed by atoms with van der Waals surface area (Å²) in [7, 11) is 1.84. The normalized spacial score (nSPS) is 12.1. The van der Waals surface area contributed by atoms with Crippen molar-refractivity contribution in [2.75, 3.05) is 7.05 Å². The molecule has 0 N–H and O–H groups in total. The summed E-state index contributed by atoms with van der Waals surface area (Å²) in [6.45, 7) is 4.16. The second-order valence-corrected chi connectivity index (χ2v) is 6.94. The molecule has 0 fully saturated rings. The number of amides is 1. The Morgan fingerprint density at radius 3 is 2.59 bits per heavy atom. The maximum atomic E-state index is 12.7. The van der Waals surface area contributed by atoms with Crippen molar-refractivity contribution < 1.29 is 9.59 Å². The van der Waals surface area contributed by atoms with Crippen LogP contribution in [0.5, 0.6) is 0 Å². The van der Waals surface area contributed by atoms with Crippen LogP contribution in [0.15, 0.2) is 54.9 Å². The second-order valence-electron chi connectivity index (χ2n) is 6.94. The van der Waals surface area contributed by atoms with Crippen molar-refractivity contribution in [1.82, 2.24) is 14.5 Å². The summed E-state index contributed by atoms with van der Waals surface area (Å²) >= 11 is 0. The Balaban J connectivity index is 1.67. The predicted octanol–water partition coefficient (Wildman–Crippen LogP) is 3.72. The fourth-order valence-electron chi connectivity index (χ4n) is 3.31. The zero-order valence-electron chi connectivity index (χ0n) is 16.1. The summed E-state index contributed by atoms with van der Waals surface area (Å²) in [6, 6.07) is 13.7. The highest BCUT2D eigenvalue weighted by Crippen LogP contribution is 2.22. The molecule has 1 atom stereocenters. The Kier molecular flexibility index (Phi) is 5.69. The maximum absolute atomic E-state index is 12.7. The number of aryl methyl sites for hydroxylation is 1. The van der Waals surface area contributed by atoms with Crippen LogP contribution in [-0.2, 0) is 17.8 Å². The maximum Gasteiger partial charge on any atom is 0.224 e. The first kappa shape index (κ1) is 18.8. The highest BCUT2D eigenvalue weighted by Gasteiger charge is 2.18. The van der Waals surface area contributed by atoms with E-state index >= 15 is 0 Å². The largest absolute Gasteiger partial charge is 0.346 e. The molecule has 27 heavy (non-hydrogen) atoms. The Hall–Kier alpha value is -2.95. The van der Waals surface area contributed by atoms with Crippen molar-refractivity contribution in [2.24, 2.45) is 0 Å². The Labute approximate surface area is 159 Å².